The number of aliphatic hydroxyl groups is 1. The predicted molar refractivity (Wildman–Crippen MR) is 198 cm³/mol. The summed E-state index contributed by atoms with van der Waals surface area (Å²) in [6.07, 6.45) is 2.54. The number of hydrogen-bond donors (Lipinski definition) is 1. The maximum atomic E-state index is 12.8. The Hall–Kier alpha value is -0.226. The molecule has 0 aromatic heterocycles. The number of aliphatic hydroxyl groups excluding tert-OH is 1. The number of fused-ring (bicyclic) bond motifs is 3. The molecule has 1 N–H and O–H groups in total. The fourth-order valence-electron chi connectivity index (χ4n) is 9.68. The van der Waals surface area contributed by atoms with E-state index in [0.717, 1.165) is 12.8 Å². The molecular formula is C38H70O10Si2. The summed E-state index contributed by atoms with van der Waals surface area (Å²) in [5.74, 6) is -1.06. The number of ether oxygens (including phenoxy) is 7. The van der Waals surface area contributed by atoms with E-state index in [1.54, 1.807) is 14.2 Å². The maximum Gasteiger partial charge on any atom is 0.192 e. The lowest BCUT2D eigenvalue weighted by Crippen LogP contribution is -2.74. The SMILES string of the molecule is COCO[C@H]1[C@H](OCOC)[C@@]2(CO[Si](C)(C)C(C)(C)C)OC[C@]3(C(O)C=C4[C@H](C)C5(CC[C@]4(C)[C@@H]13)OCCO5)[C@H]2CCO[Si](C)(C)C(C)(C)C. The highest BCUT2D eigenvalue weighted by molar-refractivity contribution is 6.74. The monoisotopic (exact) mass is 742 g/mol. The molecule has 2 aliphatic heterocycles. The van der Waals surface area contributed by atoms with Crippen molar-refractivity contribution in [2.45, 2.75) is 141 Å². The van der Waals surface area contributed by atoms with Crippen LogP contribution in [0.2, 0.25) is 36.3 Å². The second kappa shape index (κ2) is 14.1. The van der Waals surface area contributed by atoms with Gasteiger partial charge in [0.2, 0.25) is 0 Å². The fourth-order valence-corrected chi connectivity index (χ4v) is 11.8. The van der Waals surface area contributed by atoms with E-state index in [1.165, 1.54) is 5.57 Å². The summed E-state index contributed by atoms with van der Waals surface area (Å²) in [4.78, 5) is 0. The highest BCUT2D eigenvalue weighted by Gasteiger charge is 2.78. The lowest BCUT2D eigenvalue weighted by atomic mass is 9.40. The summed E-state index contributed by atoms with van der Waals surface area (Å²) in [6.45, 7) is 29.8. The molecule has 5 aliphatic rings. The predicted octanol–water partition coefficient (Wildman–Crippen LogP) is 6.88. The van der Waals surface area contributed by atoms with Crippen molar-refractivity contribution in [3.05, 3.63) is 11.6 Å². The molecule has 12 heteroatoms. The third kappa shape index (κ3) is 6.50. The first-order valence-electron chi connectivity index (χ1n) is 18.9. The number of hydrogen-bond acceptors (Lipinski definition) is 10. The van der Waals surface area contributed by atoms with Crippen molar-refractivity contribution in [2.24, 2.45) is 28.6 Å². The van der Waals surface area contributed by atoms with Crippen LogP contribution >= 0.6 is 0 Å². The van der Waals surface area contributed by atoms with E-state index in [1.807, 2.05) is 0 Å². The average Bonchev–Trinajstić information content (AvgIpc) is 3.59. The molecule has 2 saturated heterocycles. The second-order valence-corrected chi connectivity index (χ2v) is 28.7. The van der Waals surface area contributed by atoms with Gasteiger partial charge < -0.3 is 47.1 Å². The Kier molecular flexibility index (Phi) is 11.6. The van der Waals surface area contributed by atoms with Crippen molar-refractivity contribution in [2.75, 3.05) is 60.8 Å². The van der Waals surface area contributed by atoms with Gasteiger partial charge in [-0.1, -0.05) is 67.0 Å². The molecule has 2 saturated carbocycles. The molecule has 4 fully saturated rings. The highest BCUT2D eigenvalue weighted by Crippen LogP contribution is 2.71. The second-order valence-electron chi connectivity index (χ2n) is 19.1. The van der Waals surface area contributed by atoms with Crippen LogP contribution in [-0.4, -0.2) is 112 Å². The number of methoxy groups -OCH3 is 2. The smallest absolute Gasteiger partial charge is 0.192 e. The minimum absolute atomic E-state index is 0.0129. The van der Waals surface area contributed by atoms with Gasteiger partial charge in [-0.2, -0.15) is 0 Å². The van der Waals surface area contributed by atoms with E-state index >= 15 is 0 Å². The first-order valence-corrected chi connectivity index (χ1v) is 24.7. The Labute approximate surface area is 304 Å². The third-order valence-electron chi connectivity index (χ3n) is 14.5. The van der Waals surface area contributed by atoms with E-state index in [-0.39, 0.29) is 46.8 Å². The first-order chi connectivity index (χ1) is 23.1. The Morgan fingerprint density at radius 1 is 0.860 bits per heavy atom. The van der Waals surface area contributed by atoms with Gasteiger partial charge in [0.1, 0.15) is 25.3 Å². The molecule has 2 bridgehead atoms. The van der Waals surface area contributed by atoms with Gasteiger partial charge in [0.25, 0.3) is 0 Å². The molecule has 0 amide bonds. The summed E-state index contributed by atoms with van der Waals surface area (Å²) in [5, 5.41) is 12.8. The van der Waals surface area contributed by atoms with Crippen molar-refractivity contribution < 1.29 is 47.1 Å². The lowest BCUT2D eigenvalue weighted by Gasteiger charge is -2.66. The summed E-state index contributed by atoms with van der Waals surface area (Å²) in [5.41, 5.74) is -0.829. The molecule has 5 rings (SSSR count). The number of rotatable bonds is 13. The van der Waals surface area contributed by atoms with Crippen LogP contribution in [0.5, 0.6) is 0 Å². The summed E-state index contributed by atoms with van der Waals surface area (Å²) < 4.78 is 58.8. The van der Waals surface area contributed by atoms with E-state index in [9.17, 15) is 5.11 Å². The summed E-state index contributed by atoms with van der Waals surface area (Å²) in [7, 11) is -1.03. The van der Waals surface area contributed by atoms with E-state index < -0.39 is 51.7 Å². The summed E-state index contributed by atoms with van der Waals surface area (Å²) in [6, 6.07) is 0. The molecule has 50 heavy (non-hydrogen) atoms. The zero-order chi connectivity index (χ0) is 37.2. The van der Waals surface area contributed by atoms with Gasteiger partial charge in [-0.05, 0) is 54.5 Å². The Balaban J connectivity index is 1.69. The zero-order valence-corrected chi connectivity index (χ0v) is 35.7. The third-order valence-corrected chi connectivity index (χ3v) is 23.5. The quantitative estimate of drug-likeness (QED) is 0.122. The molecular weight excluding hydrogens is 673 g/mol. The highest BCUT2D eigenvalue weighted by atomic mass is 28.4. The van der Waals surface area contributed by atoms with Crippen LogP contribution < -0.4 is 0 Å². The van der Waals surface area contributed by atoms with E-state index in [2.05, 4.69) is 87.7 Å². The molecule has 10 nitrogen and oxygen atoms in total. The molecule has 2 heterocycles. The van der Waals surface area contributed by atoms with Gasteiger partial charge in [-0.15, -0.1) is 0 Å². The van der Waals surface area contributed by atoms with Gasteiger partial charge >= 0.3 is 0 Å². The molecule has 1 unspecified atom stereocenters. The molecule has 290 valence electrons. The first kappa shape index (κ1) is 40.9. The van der Waals surface area contributed by atoms with Crippen LogP contribution in [0, 0.1) is 28.6 Å². The minimum Gasteiger partial charge on any atom is -0.417 e. The van der Waals surface area contributed by atoms with Gasteiger partial charge in [0.05, 0.1) is 38.6 Å². The van der Waals surface area contributed by atoms with Gasteiger partial charge in [-0.3, -0.25) is 0 Å². The molecule has 0 aromatic rings. The van der Waals surface area contributed by atoms with Crippen molar-refractivity contribution in [3.8, 4) is 0 Å². The molecule has 0 aromatic carbocycles. The van der Waals surface area contributed by atoms with Crippen LogP contribution in [0.15, 0.2) is 11.6 Å². The van der Waals surface area contributed by atoms with Crippen LogP contribution in [0.4, 0.5) is 0 Å². The van der Waals surface area contributed by atoms with Gasteiger partial charge in [0.15, 0.2) is 22.4 Å². The van der Waals surface area contributed by atoms with Crippen molar-refractivity contribution in [1.29, 1.82) is 0 Å². The minimum atomic E-state index is -2.25. The van der Waals surface area contributed by atoms with Crippen molar-refractivity contribution in [3.63, 3.8) is 0 Å². The summed E-state index contributed by atoms with van der Waals surface area (Å²) >= 11 is 0. The Morgan fingerprint density at radius 2 is 1.44 bits per heavy atom. The van der Waals surface area contributed by atoms with Gasteiger partial charge in [-0.25, -0.2) is 0 Å². The van der Waals surface area contributed by atoms with Crippen LogP contribution in [0.3, 0.4) is 0 Å². The molecule has 0 radical (unpaired) electrons. The Bertz CT molecular complexity index is 1220. The van der Waals surface area contributed by atoms with E-state index in [0.29, 0.717) is 39.5 Å². The maximum absolute atomic E-state index is 12.8. The van der Waals surface area contributed by atoms with Crippen LogP contribution in [0.1, 0.15) is 74.7 Å². The van der Waals surface area contributed by atoms with Crippen molar-refractivity contribution >= 4 is 16.6 Å². The zero-order valence-electron chi connectivity index (χ0n) is 33.7. The van der Waals surface area contributed by atoms with E-state index in [4.69, 9.17) is 42.0 Å². The van der Waals surface area contributed by atoms with Crippen molar-refractivity contribution in [1.82, 2.24) is 0 Å². The normalized spacial score (nSPS) is 38.7. The molecule has 2 spiro atoms. The fraction of sp³-hybridized carbons (Fsp3) is 0.947. The molecule has 3 aliphatic carbocycles. The largest absolute Gasteiger partial charge is 0.417 e. The Morgan fingerprint density at radius 3 is 2.02 bits per heavy atom. The lowest BCUT2D eigenvalue weighted by molar-refractivity contribution is -0.290. The van der Waals surface area contributed by atoms with Crippen LogP contribution in [0.25, 0.3) is 0 Å². The van der Waals surface area contributed by atoms with Crippen LogP contribution in [-0.2, 0) is 42.0 Å². The standard InChI is InChI=1S/C38H70O10Si2/c1-26-27-21-29(39)36-22-46-37(23-48-50(13,14)34(5,6)7,28(36)15-18-47-49(11,12)33(2,3)4)32(43-25-41-10)30(42-24-40-9)31(36)35(27,8)16-17-38(26)44-19-20-45-38/h21,26,28-32,39H,15-20,22-25H2,1-14H3/t26-,28+,29?,30+,31+,32-,35-,36+,37-/m0/s1. The van der Waals surface area contributed by atoms with Gasteiger partial charge in [0, 0.05) is 50.4 Å². The topological polar surface area (TPSA) is 103 Å². The average molecular weight is 743 g/mol. The molecule has 9 atom stereocenters.